The summed E-state index contributed by atoms with van der Waals surface area (Å²) in [4.78, 5) is 11.8. The number of methoxy groups -OCH3 is 1. The van der Waals surface area contributed by atoms with Gasteiger partial charge in [-0.25, -0.2) is 0 Å². The summed E-state index contributed by atoms with van der Waals surface area (Å²) in [6.45, 7) is 1.41. The van der Waals surface area contributed by atoms with Crippen molar-refractivity contribution in [2.45, 2.75) is 12.8 Å². The highest BCUT2D eigenvalue weighted by molar-refractivity contribution is 9.11. The first kappa shape index (κ1) is 14.7. The maximum absolute atomic E-state index is 11.8. The lowest BCUT2D eigenvalue weighted by atomic mass is 10.2. The van der Waals surface area contributed by atoms with Gasteiger partial charge in [-0.1, -0.05) is 31.9 Å². The number of ether oxygens (including phenoxy) is 1. The Labute approximate surface area is 118 Å². The minimum absolute atomic E-state index is 0.0515. The normalized spacial score (nSPS) is 10.3. The lowest BCUT2D eigenvalue weighted by molar-refractivity contribution is 0.0951. The largest absolute Gasteiger partial charge is 0.385 e. The van der Waals surface area contributed by atoms with Crippen molar-refractivity contribution in [3.05, 3.63) is 32.7 Å². The molecule has 0 aliphatic carbocycles. The van der Waals surface area contributed by atoms with Crippen LogP contribution in [0, 0.1) is 0 Å². The van der Waals surface area contributed by atoms with Crippen molar-refractivity contribution in [3.8, 4) is 0 Å². The van der Waals surface area contributed by atoms with Crippen molar-refractivity contribution in [1.29, 1.82) is 0 Å². The highest BCUT2D eigenvalue weighted by Gasteiger charge is 2.06. The molecule has 0 aliphatic heterocycles. The molecule has 1 rings (SSSR count). The van der Waals surface area contributed by atoms with E-state index in [1.807, 2.05) is 6.07 Å². The third kappa shape index (κ3) is 5.66. The molecule has 0 heterocycles. The Morgan fingerprint density at radius 3 is 2.47 bits per heavy atom. The molecule has 17 heavy (non-hydrogen) atoms. The van der Waals surface area contributed by atoms with Gasteiger partial charge >= 0.3 is 0 Å². The van der Waals surface area contributed by atoms with Crippen LogP contribution in [0.3, 0.4) is 0 Å². The van der Waals surface area contributed by atoms with Gasteiger partial charge in [0.15, 0.2) is 0 Å². The molecule has 5 heteroatoms. The summed E-state index contributed by atoms with van der Waals surface area (Å²) in [6.07, 6.45) is 1.88. The van der Waals surface area contributed by atoms with E-state index in [-0.39, 0.29) is 5.91 Å². The average molecular weight is 365 g/mol. The van der Waals surface area contributed by atoms with Gasteiger partial charge in [0, 0.05) is 34.8 Å². The van der Waals surface area contributed by atoms with Crippen LogP contribution in [-0.2, 0) is 4.74 Å². The molecule has 0 atom stereocenters. The zero-order valence-electron chi connectivity index (χ0n) is 9.63. The molecule has 0 spiro atoms. The Morgan fingerprint density at radius 2 is 1.88 bits per heavy atom. The van der Waals surface area contributed by atoms with Crippen LogP contribution in [0.15, 0.2) is 27.1 Å². The van der Waals surface area contributed by atoms with Crippen LogP contribution in [0.5, 0.6) is 0 Å². The molecular weight excluding hydrogens is 350 g/mol. The number of carbonyl (C=O) groups excluding carboxylic acids is 1. The first-order chi connectivity index (χ1) is 8.13. The monoisotopic (exact) mass is 363 g/mol. The second-order valence-electron chi connectivity index (χ2n) is 3.61. The fourth-order valence-corrected chi connectivity index (χ4v) is 2.65. The zero-order chi connectivity index (χ0) is 12.7. The maximum Gasteiger partial charge on any atom is 0.251 e. The molecule has 1 aromatic carbocycles. The van der Waals surface area contributed by atoms with Crippen molar-refractivity contribution >= 4 is 37.8 Å². The molecule has 0 radical (unpaired) electrons. The Morgan fingerprint density at radius 1 is 1.24 bits per heavy atom. The van der Waals surface area contributed by atoms with Crippen molar-refractivity contribution in [3.63, 3.8) is 0 Å². The molecule has 1 N–H and O–H groups in total. The standard InChI is InChI=1S/C12H15Br2NO2/c1-17-5-3-2-4-15-12(16)9-6-10(13)8-11(14)7-9/h6-8H,2-5H2,1H3,(H,15,16). The summed E-state index contributed by atoms with van der Waals surface area (Å²) in [6, 6.07) is 5.50. The third-order valence-corrected chi connectivity index (χ3v) is 3.10. The van der Waals surface area contributed by atoms with Gasteiger partial charge < -0.3 is 10.1 Å². The van der Waals surface area contributed by atoms with Crippen molar-refractivity contribution in [1.82, 2.24) is 5.32 Å². The van der Waals surface area contributed by atoms with Gasteiger partial charge in [-0.15, -0.1) is 0 Å². The predicted molar refractivity (Wildman–Crippen MR) is 75.3 cm³/mol. The lowest BCUT2D eigenvalue weighted by Crippen LogP contribution is -2.24. The Kier molecular flexibility index (Phi) is 6.77. The predicted octanol–water partition coefficient (Wildman–Crippen LogP) is 3.37. The van der Waals surface area contributed by atoms with Crippen molar-refractivity contribution in [2.24, 2.45) is 0 Å². The number of unbranched alkanes of at least 4 members (excludes halogenated alkanes) is 1. The fraction of sp³-hybridized carbons (Fsp3) is 0.417. The molecule has 94 valence electrons. The van der Waals surface area contributed by atoms with Crippen LogP contribution >= 0.6 is 31.9 Å². The van der Waals surface area contributed by atoms with Gasteiger partial charge in [-0.3, -0.25) is 4.79 Å². The van der Waals surface area contributed by atoms with Crippen LogP contribution in [0.4, 0.5) is 0 Å². The number of hydrogen-bond acceptors (Lipinski definition) is 2. The van der Waals surface area contributed by atoms with E-state index in [0.717, 1.165) is 28.4 Å². The average Bonchev–Trinajstić information content (AvgIpc) is 2.27. The first-order valence-electron chi connectivity index (χ1n) is 5.36. The number of halogens is 2. The minimum Gasteiger partial charge on any atom is -0.385 e. The Bertz CT molecular complexity index is 363. The zero-order valence-corrected chi connectivity index (χ0v) is 12.8. The molecule has 0 aromatic heterocycles. The van der Waals surface area contributed by atoms with Crippen molar-refractivity contribution < 1.29 is 9.53 Å². The molecule has 0 fully saturated rings. The van der Waals surface area contributed by atoms with Crippen LogP contribution < -0.4 is 5.32 Å². The molecule has 1 amide bonds. The van der Waals surface area contributed by atoms with Gasteiger partial charge in [-0.05, 0) is 31.0 Å². The van der Waals surface area contributed by atoms with E-state index in [0.29, 0.717) is 12.1 Å². The molecule has 0 bridgehead atoms. The van der Waals surface area contributed by atoms with Gasteiger partial charge in [0.25, 0.3) is 5.91 Å². The van der Waals surface area contributed by atoms with E-state index in [9.17, 15) is 4.79 Å². The smallest absolute Gasteiger partial charge is 0.251 e. The van der Waals surface area contributed by atoms with Gasteiger partial charge in [0.2, 0.25) is 0 Å². The molecular formula is C12H15Br2NO2. The first-order valence-corrected chi connectivity index (χ1v) is 6.95. The topological polar surface area (TPSA) is 38.3 Å². The quantitative estimate of drug-likeness (QED) is 0.786. The number of carbonyl (C=O) groups is 1. The summed E-state index contributed by atoms with van der Waals surface area (Å²) in [7, 11) is 1.68. The molecule has 0 saturated carbocycles. The lowest BCUT2D eigenvalue weighted by Gasteiger charge is -2.06. The minimum atomic E-state index is -0.0515. The van der Waals surface area contributed by atoms with Crippen LogP contribution in [0.25, 0.3) is 0 Å². The van der Waals surface area contributed by atoms with Crippen LogP contribution in [0.1, 0.15) is 23.2 Å². The van der Waals surface area contributed by atoms with Crippen molar-refractivity contribution in [2.75, 3.05) is 20.3 Å². The van der Waals surface area contributed by atoms with Gasteiger partial charge in [0.05, 0.1) is 0 Å². The van der Waals surface area contributed by atoms with Gasteiger partial charge in [0.1, 0.15) is 0 Å². The Balaban J connectivity index is 2.41. The maximum atomic E-state index is 11.8. The molecule has 0 saturated heterocycles. The van der Waals surface area contributed by atoms with E-state index >= 15 is 0 Å². The fourth-order valence-electron chi connectivity index (χ4n) is 1.36. The number of nitrogens with one attached hydrogen (secondary N) is 1. The second kappa shape index (κ2) is 7.84. The molecule has 0 aliphatic rings. The SMILES string of the molecule is COCCCCNC(=O)c1cc(Br)cc(Br)c1. The van der Waals surface area contributed by atoms with E-state index in [1.165, 1.54) is 0 Å². The second-order valence-corrected chi connectivity index (χ2v) is 5.45. The third-order valence-electron chi connectivity index (χ3n) is 2.19. The summed E-state index contributed by atoms with van der Waals surface area (Å²) < 4.78 is 6.71. The van der Waals surface area contributed by atoms with E-state index in [4.69, 9.17) is 4.74 Å². The number of hydrogen-bond donors (Lipinski definition) is 1. The summed E-state index contributed by atoms with van der Waals surface area (Å²) in [5.74, 6) is -0.0515. The molecule has 3 nitrogen and oxygen atoms in total. The summed E-state index contributed by atoms with van der Waals surface area (Å²) >= 11 is 6.71. The summed E-state index contributed by atoms with van der Waals surface area (Å²) in [5, 5.41) is 2.88. The van der Waals surface area contributed by atoms with Crippen LogP contribution in [-0.4, -0.2) is 26.2 Å². The number of benzene rings is 1. The van der Waals surface area contributed by atoms with Gasteiger partial charge in [-0.2, -0.15) is 0 Å². The number of rotatable bonds is 6. The summed E-state index contributed by atoms with van der Waals surface area (Å²) in [5.41, 5.74) is 0.651. The highest BCUT2D eigenvalue weighted by atomic mass is 79.9. The van der Waals surface area contributed by atoms with E-state index in [2.05, 4.69) is 37.2 Å². The van der Waals surface area contributed by atoms with Crippen LogP contribution in [0.2, 0.25) is 0 Å². The van der Waals surface area contributed by atoms with E-state index in [1.54, 1.807) is 19.2 Å². The Hall–Kier alpha value is -0.390. The van der Waals surface area contributed by atoms with E-state index < -0.39 is 0 Å². The highest BCUT2D eigenvalue weighted by Crippen LogP contribution is 2.19. The molecule has 0 unspecified atom stereocenters. The molecule has 1 aromatic rings. The number of amides is 1.